The van der Waals surface area contributed by atoms with Gasteiger partial charge in [-0.3, -0.25) is 4.79 Å². The number of carbonyl (C=O) groups excluding carboxylic acids is 1. The summed E-state index contributed by atoms with van der Waals surface area (Å²) in [5, 5.41) is 3.27. The van der Waals surface area contributed by atoms with Gasteiger partial charge in [0.25, 0.3) is 0 Å². The fourth-order valence-electron chi connectivity index (χ4n) is 2.92. The number of rotatable bonds is 7. The van der Waals surface area contributed by atoms with Gasteiger partial charge in [0.05, 0.1) is 7.11 Å². The average Bonchev–Trinajstić information content (AvgIpc) is 2.45. The maximum absolute atomic E-state index is 12.0. The lowest BCUT2D eigenvalue weighted by Crippen LogP contribution is -2.53. The van der Waals surface area contributed by atoms with Gasteiger partial charge in [0.2, 0.25) is 0 Å². The summed E-state index contributed by atoms with van der Waals surface area (Å²) < 4.78 is 4.94. The van der Waals surface area contributed by atoms with Crippen LogP contribution in [0.5, 0.6) is 0 Å². The second-order valence-electron chi connectivity index (χ2n) is 6.16. The van der Waals surface area contributed by atoms with E-state index in [-0.39, 0.29) is 5.97 Å². The van der Waals surface area contributed by atoms with Gasteiger partial charge in [0.1, 0.15) is 5.54 Å². The maximum Gasteiger partial charge on any atom is 0.325 e. The van der Waals surface area contributed by atoms with Crippen molar-refractivity contribution < 1.29 is 9.53 Å². The van der Waals surface area contributed by atoms with Crippen LogP contribution in [0.1, 0.15) is 33.1 Å². The summed E-state index contributed by atoms with van der Waals surface area (Å²) in [6.45, 7) is 7.89. The molecule has 20 heavy (non-hydrogen) atoms. The van der Waals surface area contributed by atoms with E-state index in [1.807, 2.05) is 13.8 Å². The highest BCUT2D eigenvalue weighted by atomic mass is 16.5. The summed E-state index contributed by atoms with van der Waals surface area (Å²) >= 11 is 0. The molecule has 5 heteroatoms. The van der Waals surface area contributed by atoms with E-state index >= 15 is 0 Å². The van der Waals surface area contributed by atoms with Crippen molar-refractivity contribution in [2.75, 3.05) is 47.4 Å². The Hall–Kier alpha value is -0.650. The lowest BCUT2D eigenvalue weighted by molar-refractivity contribution is -0.148. The molecule has 0 bridgehead atoms. The molecule has 2 atom stereocenters. The largest absolute Gasteiger partial charge is 0.468 e. The predicted octanol–water partition coefficient (Wildman–Crippen LogP) is 0.944. The van der Waals surface area contributed by atoms with Gasteiger partial charge in [-0.05, 0) is 53.4 Å². The van der Waals surface area contributed by atoms with Crippen LogP contribution in [-0.2, 0) is 9.53 Å². The molecule has 0 saturated carbocycles. The van der Waals surface area contributed by atoms with E-state index in [4.69, 9.17) is 4.74 Å². The number of nitrogens with zero attached hydrogens (tertiary/aromatic N) is 2. The van der Waals surface area contributed by atoms with E-state index in [0.29, 0.717) is 6.04 Å². The molecule has 1 saturated heterocycles. The van der Waals surface area contributed by atoms with Crippen LogP contribution in [-0.4, -0.2) is 74.7 Å². The fourth-order valence-corrected chi connectivity index (χ4v) is 2.92. The second kappa shape index (κ2) is 7.96. The first kappa shape index (κ1) is 17.4. The zero-order valence-corrected chi connectivity index (χ0v) is 13.7. The third kappa shape index (κ3) is 4.72. The number of hydrogen-bond acceptors (Lipinski definition) is 5. The molecule has 0 radical (unpaired) electrons. The molecule has 0 aromatic rings. The predicted molar refractivity (Wildman–Crippen MR) is 81.9 cm³/mol. The van der Waals surface area contributed by atoms with Crippen LogP contribution >= 0.6 is 0 Å². The van der Waals surface area contributed by atoms with E-state index in [1.165, 1.54) is 20.0 Å². The van der Waals surface area contributed by atoms with Gasteiger partial charge in [-0.15, -0.1) is 0 Å². The standard InChI is InChI=1S/C15H31N3O2/c1-6-16-15(2,14(19)20-5)9-11-18-10-7-8-13(12-18)17(3)4/h13,16H,6-12H2,1-5H3. The first-order valence-corrected chi connectivity index (χ1v) is 7.65. The van der Waals surface area contributed by atoms with Crippen molar-refractivity contribution >= 4 is 5.97 Å². The van der Waals surface area contributed by atoms with Crippen molar-refractivity contribution in [2.24, 2.45) is 0 Å². The topological polar surface area (TPSA) is 44.8 Å². The SMILES string of the molecule is CCNC(C)(CCN1CCCC(N(C)C)C1)C(=O)OC. The number of nitrogens with one attached hydrogen (secondary N) is 1. The summed E-state index contributed by atoms with van der Waals surface area (Å²) in [5.74, 6) is -0.166. The summed E-state index contributed by atoms with van der Waals surface area (Å²) in [4.78, 5) is 16.7. The molecule has 0 spiro atoms. The van der Waals surface area contributed by atoms with Crippen LogP contribution in [0, 0.1) is 0 Å². The van der Waals surface area contributed by atoms with Crippen molar-refractivity contribution in [3.63, 3.8) is 0 Å². The molecule has 1 aliphatic rings. The number of esters is 1. The Labute approximate surface area is 123 Å². The first-order chi connectivity index (χ1) is 9.42. The van der Waals surface area contributed by atoms with Crippen LogP contribution in [0.25, 0.3) is 0 Å². The third-order valence-electron chi connectivity index (χ3n) is 4.34. The highest BCUT2D eigenvalue weighted by Crippen LogP contribution is 2.17. The summed E-state index contributed by atoms with van der Waals surface area (Å²) in [6, 6.07) is 0.632. The van der Waals surface area contributed by atoms with E-state index in [9.17, 15) is 4.79 Å². The molecule has 1 aliphatic heterocycles. The number of ether oxygens (including phenoxy) is 1. The monoisotopic (exact) mass is 285 g/mol. The molecule has 0 aromatic heterocycles. The van der Waals surface area contributed by atoms with E-state index in [2.05, 4.69) is 29.2 Å². The van der Waals surface area contributed by atoms with Crippen molar-refractivity contribution in [3.05, 3.63) is 0 Å². The van der Waals surface area contributed by atoms with E-state index in [1.54, 1.807) is 0 Å². The zero-order chi connectivity index (χ0) is 15.2. The van der Waals surface area contributed by atoms with Gasteiger partial charge in [-0.1, -0.05) is 6.92 Å². The van der Waals surface area contributed by atoms with Gasteiger partial charge >= 0.3 is 5.97 Å². The lowest BCUT2D eigenvalue weighted by Gasteiger charge is -2.38. The highest BCUT2D eigenvalue weighted by molar-refractivity contribution is 5.80. The number of piperidine rings is 1. The van der Waals surface area contributed by atoms with Crippen LogP contribution < -0.4 is 5.32 Å². The smallest absolute Gasteiger partial charge is 0.325 e. The fraction of sp³-hybridized carbons (Fsp3) is 0.933. The Morgan fingerprint density at radius 3 is 2.75 bits per heavy atom. The molecule has 0 amide bonds. The van der Waals surface area contributed by atoms with Crippen LogP contribution in [0.15, 0.2) is 0 Å². The third-order valence-corrected chi connectivity index (χ3v) is 4.34. The number of likely N-dealkylation sites (tertiary alicyclic amines) is 1. The molecular weight excluding hydrogens is 254 g/mol. The molecule has 1 heterocycles. The van der Waals surface area contributed by atoms with E-state index < -0.39 is 5.54 Å². The lowest BCUT2D eigenvalue weighted by atomic mass is 9.96. The summed E-state index contributed by atoms with van der Waals surface area (Å²) in [7, 11) is 5.75. The van der Waals surface area contributed by atoms with Crippen LogP contribution in [0.4, 0.5) is 0 Å². The number of carbonyl (C=O) groups is 1. The van der Waals surface area contributed by atoms with Crippen LogP contribution in [0.3, 0.4) is 0 Å². The molecule has 1 rings (SSSR count). The molecule has 5 nitrogen and oxygen atoms in total. The minimum Gasteiger partial charge on any atom is -0.468 e. The Balaban J connectivity index is 2.52. The van der Waals surface area contributed by atoms with Crippen LogP contribution in [0.2, 0.25) is 0 Å². The van der Waals surface area contributed by atoms with Crippen molar-refractivity contribution in [1.29, 1.82) is 0 Å². The maximum atomic E-state index is 12.0. The molecule has 0 aromatic carbocycles. The normalized spacial score (nSPS) is 23.6. The number of likely N-dealkylation sites (N-methyl/N-ethyl adjacent to an activating group) is 2. The summed E-state index contributed by atoms with van der Waals surface area (Å²) in [5.41, 5.74) is -0.575. The van der Waals surface area contributed by atoms with Gasteiger partial charge in [0, 0.05) is 19.1 Å². The average molecular weight is 285 g/mol. The van der Waals surface area contributed by atoms with Gasteiger partial charge in [-0.25, -0.2) is 0 Å². The Bertz CT molecular complexity index is 309. The second-order valence-corrected chi connectivity index (χ2v) is 6.16. The molecule has 118 valence electrons. The minimum atomic E-state index is -0.575. The molecule has 0 aliphatic carbocycles. The summed E-state index contributed by atoms with van der Waals surface area (Å²) in [6.07, 6.45) is 3.29. The number of methoxy groups -OCH3 is 1. The molecule has 1 N–H and O–H groups in total. The van der Waals surface area contributed by atoms with Crippen molar-refractivity contribution in [3.8, 4) is 0 Å². The quantitative estimate of drug-likeness (QED) is 0.706. The van der Waals surface area contributed by atoms with Crippen molar-refractivity contribution in [2.45, 2.75) is 44.7 Å². The van der Waals surface area contributed by atoms with E-state index in [0.717, 1.165) is 32.6 Å². The molecular formula is C15H31N3O2. The highest BCUT2D eigenvalue weighted by Gasteiger charge is 2.34. The molecule has 2 unspecified atom stereocenters. The first-order valence-electron chi connectivity index (χ1n) is 7.65. The Morgan fingerprint density at radius 2 is 2.20 bits per heavy atom. The number of hydrogen-bond donors (Lipinski definition) is 1. The zero-order valence-electron chi connectivity index (χ0n) is 13.7. The minimum absolute atomic E-state index is 0.166. The Morgan fingerprint density at radius 1 is 1.50 bits per heavy atom. The Kier molecular flexibility index (Phi) is 6.92. The van der Waals surface area contributed by atoms with Gasteiger partial charge < -0.3 is 19.9 Å². The van der Waals surface area contributed by atoms with Crippen molar-refractivity contribution in [1.82, 2.24) is 15.1 Å². The van der Waals surface area contributed by atoms with Gasteiger partial charge in [0.15, 0.2) is 0 Å². The van der Waals surface area contributed by atoms with Gasteiger partial charge in [-0.2, -0.15) is 0 Å². The molecule has 1 fully saturated rings.